The number of carbonyl (C=O) groups is 1. The Hall–Kier alpha value is -3.66. The van der Waals surface area contributed by atoms with Crippen molar-refractivity contribution in [3.05, 3.63) is 41.4 Å². The SMILES string of the molecule is COc1ccc(OC)c(Nc2nc(CC(=O)Nc3cc(OC)c(OC)c(OC)c3)cs2)c1. The lowest BCUT2D eigenvalue weighted by molar-refractivity contribution is -0.115. The van der Waals surface area contributed by atoms with Gasteiger partial charge in [-0.3, -0.25) is 4.79 Å². The van der Waals surface area contributed by atoms with Crippen molar-refractivity contribution in [1.82, 2.24) is 4.98 Å². The summed E-state index contributed by atoms with van der Waals surface area (Å²) in [5.41, 5.74) is 1.87. The van der Waals surface area contributed by atoms with E-state index in [1.165, 1.54) is 32.7 Å². The maximum Gasteiger partial charge on any atom is 0.230 e. The molecule has 32 heavy (non-hydrogen) atoms. The average molecular weight is 460 g/mol. The summed E-state index contributed by atoms with van der Waals surface area (Å²) >= 11 is 1.39. The molecule has 0 radical (unpaired) electrons. The molecule has 0 aliphatic heterocycles. The predicted molar refractivity (Wildman–Crippen MR) is 123 cm³/mol. The summed E-state index contributed by atoms with van der Waals surface area (Å²) in [6, 6.07) is 8.77. The number of ether oxygens (including phenoxy) is 5. The zero-order valence-corrected chi connectivity index (χ0v) is 19.3. The molecule has 0 atom stereocenters. The quantitative estimate of drug-likeness (QED) is 0.467. The van der Waals surface area contributed by atoms with Gasteiger partial charge >= 0.3 is 0 Å². The summed E-state index contributed by atoms with van der Waals surface area (Å²) < 4.78 is 26.6. The lowest BCUT2D eigenvalue weighted by Gasteiger charge is -2.14. The van der Waals surface area contributed by atoms with E-state index < -0.39 is 0 Å². The first-order valence-electron chi connectivity index (χ1n) is 9.54. The minimum Gasteiger partial charge on any atom is -0.497 e. The molecular formula is C22H25N3O6S. The Morgan fingerprint density at radius 2 is 1.59 bits per heavy atom. The maximum absolute atomic E-state index is 12.6. The van der Waals surface area contributed by atoms with Gasteiger partial charge in [-0.05, 0) is 12.1 Å². The maximum atomic E-state index is 12.6. The summed E-state index contributed by atoms with van der Waals surface area (Å²) in [6.45, 7) is 0. The minimum absolute atomic E-state index is 0.101. The molecule has 3 rings (SSSR count). The van der Waals surface area contributed by atoms with Crippen LogP contribution >= 0.6 is 11.3 Å². The van der Waals surface area contributed by atoms with Gasteiger partial charge in [-0.2, -0.15) is 0 Å². The Morgan fingerprint density at radius 3 is 2.19 bits per heavy atom. The largest absolute Gasteiger partial charge is 0.497 e. The minimum atomic E-state index is -0.227. The van der Waals surface area contributed by atoms with Gasteiger partial charge in [-0.1, -0.05) is 0 Å². The summed E-state index contributed by atoms with van der Waals surface area (Å²) in [4.78, 5) is 17.1. The van der Waals surface area contributed by atoms with Crippen LogP contribution in [-0.4, -0.2) is 46.4 Å². The van der Waals surface area contributed by atoms with Crippen molar-refractivity contribution in [2.24, 2.45) is 0 Å². The molecule has 10 heteroatoms. The van der Waals surface area contributed by atoms with Crippen molar-refractivity contribution in [3.63, 3.8) is 0 Å². The van der Waals surface area contributed by atoms with Crippen LogP contribution in [0.3, 0.4) is 0 Å². The molecule has 0 aliphatic rings. The summed E-state index contributed by atoms with van der Waals surface area (Å²) in [5, 5.41) is 8.50. The summed E-state index contributed by atoms with van der Waals surface area (Å²) in [5.74, 6) is 2.48. The van der Waals surface area contributed by atoms with Gasteiger partial charge in [0.1, 0.15) is 11.5 Å². The van der Waals surface area contributed by atoms with Crippen LogP contribution in [0, 0.1) is 0 Å². The number of rotatable bonds is 10. The monoisotopic (exact) mass is 459 g/mol. The Labute approximate surface area is 190 Å². The van der Waals surface area contributed by atoms with E-state index in [9.17, 15) is 4.79 Å². The third-order valence-electron chi connectivity index (χ3n) is 4.49. The summed E-state index contributed by atoms with van der Waals surface area (Å²) in [6.07, 6.45) is 0.101. The van der Waals surface area contributed by atoms with Crippen molar-refractivity contribution in [2.45, 2.75) is 6.42 Å². The first kappa shape index (κ1) is 23.0. The molecule has 0 aliphatic carbocycles. The zero-order chi connectivity index (χ0) is 23.1. The molecule has 1 aromatic heterocycles. The van der Waals surface area contributed by atoms with E-state index in [1.54, 1.807) is 32.4 Å². The van der Waals surface area contributed by atoms with Crippen LogP contribution in [0.1, 0.15) is 5.69 Å². The highest BCUT2D eigenvalue weighted by molar-refractivity contribution is 7.13. The zero-order valence-electron chi connectivity index (χ0n) is 18.5. The molecule has 1 heterocycles. The second kappa shape index (κ2) is 10.6. The van der Waals surface area contributed by atoms with Crippen molar-refractivity contribution in [2.75, 3.05) is 46.2 Å². The fourth-order valence-electron chi connectivity index (χ4n) is 3.00. The van der Waals surface area contributed by atoms with E-state index in [0.29, 0.717) is 45.3 Å². The number of nitrogens with zero attached hydrogens (tertiary/aromatic N) is 1. The van der Waals surface area contributed by atoms with Crippen molar-refractivity contribution >= 4 is 33.8 Å². The molecule has 3 aromatic rings. The molecule has 1 amide bonds. The topological polar surface area (TPSA) is 100 Å². The number of thiazole rings is 1. The predicted octanol–water partition coefficient (Wildman–Crippen LogP) is 4.11. The second-order valence-electron chi connectivity index (χ2n) is 6.47. The van der Waals surface area contributed by atoms with Crippen LogP contribution in [0.4, 0.5) is 16.5 Å². The van der Waals surface area contributed by atoms with Crippen LogP contribution in [0.15, 0.2) is 35.7 Å². The Morgan fingerprint density at radius 1 is 0.906 bits per heavy atom. The van der Waals surface area contributed by atoms with Crippen LogP contribution in [-0.2, 0) is 11.2 Å². The van der Waals surface area contributed by atoms with E-state index in [0.717, 1.165) is 5.69 Å². The molecular weight excluding hydrogens is 434 g/mol. The highest BCUT2D eigenvalue weighted by atomic mass is 32.1. The van der Waals surface area contributed by atoms with Gasteiger partial charge in [0.05, 0.1) is 53.4 Å². The van der Waals surface area contributed by atoms with E-state index >= 15 is 0 Å². The number of carbonyl (C=O) groups excluding carboxylic acids is 1. The Balaban J connectivity index is 1.69. The standard InChI is InChI=1S/C22H25N3O6S/c1-27-15-6-7-17(28-2)16(11-15)25-22-24-14(12-32-22)10-20(26)23-13-8-18(29-3)21(31-5)19(9-13)30-4/h6-9,11-12H,10H2,1-5H3,(H,23,26)(H,24,25). The number of nitrogens with one attached hydrogen (secondary N) is 2. The van der Waals surface area contributed by atoms with E-state index in [1.807, 2.05) is 17.5 Å². The molecule has 2 N–H and O–H groups in total. The first-order chi connectivity index (χ1) is 15.5. The number of benzene rings is 2. The molecule has 0 unspecified atom stereocenters. The number of amides is 1. The molecule has 0 saturated heterocycles. The smallest absolute Gasteiger partial charge is 0.230 e. The van der Waals surface area contributed by atoms with Gasteiger partial charge in [0.25, 0.3) is 0 Å². The van der Waals surface area contributed by atoms with E-state index in [-0.39, 0.29) is 12.3 Å². The lowest BCUT2D eigenvalue weighted by Crippen LogP contribution is -2.15. The van der Waals surface area contributed by atoms with Gasteiger partial charge in [0.15, 0.2) is 16.6 Å². The normalized spacial score (nSPS) is 10.3. The highest BCUT2D eigenvalue weighted by Gasteiger charge is 2.16. The fourth-order valence-corrected chi connectivity index (χ4v) is 3.72. The van der Waals surface area contributed by atoms with Crippen molar-refractivity contribution in [1.29, 1.82) is 0 Å². The van der Waals surface area contributed by atoms with Crippen molar-refractivity contribution in [3.8, 4) is 28.7 Å². The lowest BCUT2D eigenvalue weighted by atomic mass is 10.2. The number of anilines is 3. The van der Waals surface area contributed by atoms with E-state index in [2.05, 4.69) is 15.6 Å². The second-order valence-corrected chi connectivity index (χ2v) is 7.33. The molecule has 0 spiro atoms. The number of aromatic nitrogens is 1. The molecule has 170 valence electrons. The number of methoxy groups -OCH3 is 5. The molecule has 0 saturated carbocycles. The van der Waals surface area contributed by atoms with Gasteiger partial charge in [-0.25, -0.2) is 4.98 Å². The van der Waals surface area contributed by atoms with Gasteiger partial charge in [0.2, 0.25) is 11.7 Å². The fraction of sp³-hybridized carbons (Fsp3) is 0.273. The molecule has 2 aromatic carbocycles. The molecule has 0 bridgehead atoms. The van der Waals surface area contributed by atoms with Gasteiger partial charge in [0, 0.05) is 29.3 Å². The van der Waals surface area contributed by atoms with Crippen molar-refractivity contribution < 1.29 is 28.5 Å². The van der Waals surface area contributed by atoms with E-state index in [4.69, 9.17) is 23.7 Å². The number of hydrogen-bond donors (Lipinski definition) is 2. The molecule has 9 nitrogen and oxygen atoms in total. The average Bonchev–Trinajstić information content (AvgIpc) is 3.24. The van der Waals surface area contributed by atoms with Crippen LogP contribution < -0.4 is 34.3 Å². The van der Waals surface area contributed by atoms with Crippen LogP contribution in [0.25, 0.3) is 0 Å². The molecule has 0 fully saturated rings. The van der Waals surface area contributed by atoms with Crippen LogP contribution in [0.2, 0.25) is 0 Å². The first-order valence-corrected chi connectivity index (χ1v) is 10.4. The van der Waals surface area contributed by atoms with Gasteiger partial charge in [-0.15, -0.1) is 11.3 Å². The van der Waals surface area contributed by atoms with Gasteiger partial charge < -0.3 is 34.3 Å². The number of hydrogen-bond acceptors (Lipinski definition) is 9. The third kappa shape index (κ3) is 5.33. The highest BCUT2D eigenvalue weighted by Crippen LogP contribution is 2.40. The summed E-state index contributed by atoms with van der Waals surface area (Å²) in [7, 11) is 7.75. The van der Waals surface area contributed by atoms with Crippen LogP contribution in [0.5, 0.6) is 28.7 Å². The third-order valence-corrected chi connectivity index (χ3v) is 5.30. The Bertz CT molecular complexity index is 1060. The Kier molecular flexibility index (Phi) is 7.61.